The Labute approximate surface area is 106 Å². The van der Waals surface area contributed by atoms with E-state index >= 15 is 0 Å². The fourth-order valence-electron chi connectivity index (χ4n) is 1.18. The van der Waals surface area contributed by atoms with Crippen LogP contribution in [0.4, 0.5) is 0 Å². The molecule has 17 heavy (non-hydrogen) atoms. The van der Waals surface area contributed by atoms with Crippen molar-refractivity contribution in [1.82, 2.24) is 0 Å². The Morgan fingerprint density at radius 1 is 1.29 bits per heavy atom. The van der Waals surface area contributed by atoms with Gasteiger partial charge in [-0.25, -0.2) is 8.42 Å². The first-order chi connectivity index (χ1) is 7.89. The van der Waals surface area contributed by atoms with Gasteiger partial charge in [0.25, 0.3) is 0 Å². The van der Waals surface area contributed by atoms with Crippen molar-refractivity contribution in [1.29, 1.82) is 0 Å². The molecular formula is C12H14O3S2. The van der Waals surface area contributed by atoms with Gasteiger partial charge in [-0.05, 0) is 17.7 Å². The number of hydrogen-bond donors (Lipinski definition) is 0. The lowest BCUT2D eigenvalue weighted by atomic mass is 10.2. The van der Waals surface area contributed by atoms with Crippen molar-refractivity contribution in [3.8, 4) is 0 Å². The van der Waals surface area contributed by atoms with Crippen LogP contribution in [0.5, 0.6) is 0 Å². The highest BCUT2D eigenvalue weighted by molar-refractivity contribution is 8.13. The molecule has 0 radical (unpaired) electrons. The summed E-state index contributed by atoms with van der Waals surface area (Å²) in [5.41, 5.74) is 0.918. The standard InChI is InChI=1S/C12H14O3S2/c1-10(13)16-9-3-4-11-5-7-12(8-6-11)17(2,14)15/h3-8H,9H2,1-2H3. The van der Waals surface area contributed by atoms with Crippen LogP contribution in [0.15, 0.2) is 35.2 Å². The normalized spacial score (nSPS) is 11.9. The van der Waals surface area contributed by atoms with Crippen LogP contribution in [-0.2, 0) is 14.6 Å². The molecule has 0 aliphatic heterocycles. The van der Waals surface area contributed by atoms with Crippen LogP contribution in [0.3, 0.4) is 0 Å². The summed E-state index contributed by atoms with van der Waals surface area (Å²) in [5.74, 6) is 0.628. The topological polar surface area (TPSA) is 51.2 Å². The second kappa shape index (κ2) is 6.02. The summed E-state index contributed by atoms with van der Waals surface area (Å²) in [6, 6.07) is 6.64. The maximum atomic E-state index is 11.2. The van der Waals surface area contributed by atoms with Gasteiger partial charge < -0.3 is 0 Å². The van der Waals surface area contributed by atoms with Crippen LogP contribution in [0.2, 0.25) is 0 Å². The Morgan fingerprint density at radius 3 is 2.35 bits per heavy atom. The summed E-state index contributed by atoms with van der Waals surface area (Å²) in [5, 5.41) is 0.0853. The molecule has 0 heterocycles. The molecule has 0 spiro atoms. The van der Waals surface area contributed by atoms with Crippen molar-refractivity contribution in [2.75, 3.05) is 12.0 Å². The van der Waals surface area contributed by atoms with Gasteiger partial charge in [-0.1, -0.05) is 36.0 Å². The molecule has 0 N–H and O–H groups in total. The van der Waals surface area contributed by atoms with Crippen molar-refractivity contribution < 1.29 is 13.2 Å². The average molecular weight is 270 g/mol. The molecule has 1 rings (SSSR count). The summed E-state index contributed by atoms with van der Waals surface area (Å²) in [7, 11) is -3.13. The minimum absolute atomic E-state index is 0.0853. The quantitative estimate of drug-likeness (QED) is 0.843. The van der Waals surface area contributed by atoms with Gasteiger partial charge in [0.1, 0.15) is 0 Å². The van der Waals surface area contributed by atoms with Gasteiger partial charge >= 0.3 is 0 Å². The first-order valence-electron chi connectivity index (χ1n) is 4.99. The Hall–Kier alpha value is -1.07. The molecule has 0 aliphatic rings. The Balaban J connectivity index is 2.66. The number of rotatable bonds is 4. The van der Waals surface area contributed by atoms with E-state index in [9.17, 15) is 13.2 Å². The zero-order valence-corrected chi connectivity index (χ0v) is 11.3. The number of carbonyl (C=O) groups excluding carboxylic acids is 1. The summed E-state index contributed by atoms with van der Waals surface area (Å²) < 4.78 is 22.4. The van der Waals surface area contributed by atoms with Crippen LogP contribution in [-0.4, -0.2) is 25.5 Å². The minimum Gasteiger partial charge on any atom is -0.288 e. The third kappa shape index (κ3) is 5.19. The largest absolute Gasteiger partial charge is 0.288 e. The lowest BCUT2D eigenvalue weighted by Crippen LogP contribution is -1.96. The first-order valence-corrected chi connectivity index (χ1v) is 7.87. The van der Waals surface area contributed by atoms with Gasteiger partial charge in [0, 0.05) is 18.9 Å². The van der Waals surface area contributed by atoms with Crippen LogP contribution in [0.1, 0.15) is 12.5 Å². The van der Waals surface area contributed by atoms with Crippen molar-refractivity contribution >= 4 is 32.8 Å². The van der Waals surface area contributed by atoms with Gasteiger partial charge in [0.2, 0.25) is 0 Å². The number of sulfone groups is 1. The van der Waals surface area contributed by atoms with Gasteiger partial charge in [-0.2, -0.15) is 0 Å². The molecule has 92 valence electrons. The number of hydrogen-bond acceptors (Lipinski definition) is 4. The number of thioether (sulfide) groups is 1. The lowest BCUT2D eigenvalue weighted by molar-refractivity contribution is -0.109. The third-order valence-electron chi connectivity index (χ3n) is 2.00. The van der Waals surface area contributed by atoms with Crippen LogP contribution in [0.25, 0.3) is 6.08 Å². The Kier molecular flexibility index (Phi) is 4.96. The van der Waals surface area contributed by atoms with Crippen molar-refractivity contribution in [3.05, 3.63) is 35.9 Å². The molecule has 3 nitrogen and oxygen atoms in total. The van der Waals surface area contributed by atoms with Gasteiger partial charge in [-0.3, -0.25) is 4.79 Å². The summed E-state index contributed by atoms with van der Waals surface area (Å²) in [6.07, 6.45) is 4.92. The van der Waals surface area contributed by atoms with Gasteiger partial charge in [0.15, 0.2) is 15.0 Å². The first kappa shape index (κ1) is 14.0. The van der Waals surface area contributed by atoms with Gasteiger partial charge in [0.05, 0.1) is 4.90 Å². The molecule has 0 aliphatic carbocycles. The highest BCUT2D eigenvalue weighted by Gasteiger charge is 2.04. The van der Waals surface area contributed by atoms with E-state index in [0.717, 1.165) is 5.56 Å². The van der Waals surface area contributed by atoms with Crippen LogP contribution in [0, 0.1) is 0 Å². The Bertz CT molecular complexity index is 513. The molecule has 0 bridgehead atoms. The van der Waals surface area contributed by atoms with Crippen LogP contribution >= 0.6 is 11.8 Å². The molecule has 1 aromatic carbocycles. The molecule has 0 unspecified atom stereocenters. The van der Waals surface area contributed by atoms with E-state index in [4.69, 9.17) is 0 Å². The molecule has 5 heteroatoms. The fourth-order valence-corrected chi connectivity index (χ4v) is 2.23. The summed E-state index contributed by atoms with van der Waals surface area (Å²) >= 11 is 1.24. The average Bonchev–Trinajstić information content (AvgIpc) is 2.23. The second-order valence-corrected chi connectivity index (χ2v) is 6.76. The van der Waals surface area contributed by atoms with E-state index in [1.165, 1.54) is 24.9 Å². The zero-order valence-electron chi connectivity index (χ0n) is 9.71. The number of benzene rings is 1. The smallest absolute Gasteiger partial charge is 0.186 e. The van der Waals surface area contributed by atoms with Crippen molar-refractivity contribution in [2.24, 2.45) is 0 Å². The van der Waals surface area contributed by atoms with Crippen LogP contribution < -0.4 is 0 Å². The third-order valence-corrected chi connectivity index (χ3v) is 3.90. The predicted molar refractivity (Wildman–Crippen MR) is 71.7 cm³/mol. The lowest BCUT2D eigenvalue weighted by Gasteiger charge is -1.98. The molecule has 0 fully saturated rings. The maximum absolute atomic E-state index is 11.2. The van der Waals surface area contributed by atoms with E-state index in [0.29, 0.717) is 10.6 Å². The number of carbonyl (C=O) groups is 1. The zero-order chi connectivity index (χ0) is 12.9. The van der Waals surface area contributed by atoms with E-state index in [2.05, 4.69) is 0 Å². The molecule has 1 aromatic rings. The van der Waals surface area contributed by atoms with E-state index in [1.54, 1.807) is 24.3 Å². The van der Waals surface area contributed by atoms with Crippen molar-refractivity contribution in [2.45, 2.75) is 11.8 Å². The molecule has 0 amide bonds. The van der Waals surface area contributed by atoms with E-state index in [1.807, 2.05) is 12.2 Å². The summed E-state index contributed by atoms with van der Waals surface area (Å²) in [6.45, 7) is 1.53. The summed E-state index contributed by atoms with van der Waals surface area (Å²) in [4.78, 5) is 11.0. The monoisotopic (exact) mass is 270 g/mol. The second-order valence-electron chi connectivity index (χ2n) is 3.55. The van der Waals surface area contributed by atoms with Crippen molar-refractivity contribution in [3.63, 3.8) is 0 Å². The molecule has 0 saturated heterocycles. The highest BCUT2D eigenvalue weighted by Crippen LogP contribution is 2.12. The highest BCUT2D eigenvalue weighted by atomic mass is 32.2. The molecule has 0 saturated carbocycles. The maximum Gasteiger partial charge on any atom is 0.186 e. The predicted octanol–water partition coefficient (Wildman–Crippen LogP) is 2.38. The Morgan fingerprint density at radius 2 is 1.88 bits per heavy atom. The SMILES string of the molecule is CC(=O)SCC=Cc1ccc(S(C)(=O)=O)cc1. The molecule has 0 aromatic heterocycles. The van der Waals surface area contributed by atoms with E-state index in [-0.39, 0.29) is 5.12 Å². The molecule has 0 atom stereocenters. The molecular weight excluding hydrogens is 256 g/mol. The van der Waals surface area contributed by atoms with Gasteiger partial charge in [-0.15, -0.1) is 0 Å². The minimum atomic E-state index is -3.13. The van der Waals surface area contributed by atoms with E-state index < -0.39 is 9.84 Å². The fraction of sp³-hybridized carbons (Fsp3) is 0.250.